The van der Waals surface area contributed by atoms with E-state index in [0.29, 0.717) is 28.9 Å². The minimum atomic E-state index is 0.491. The van der Waals surface area contributed by atoms with E-state index in [0.717, 1.165) is 5.75 Å². The number of nitrogen functional groups attached to an aromatic ring is 1. The number of hydrogen-bond donors (Lipinski definition) is 1. The lowest BCUT2D eigenvalue weighted by Crippen LogP contribution is -1.97. The van der Waals surface area contributed by atoms with E-state index in [1.807, 2.05) is 12.1 Å². The van der Waals surface area contributed by atoms with Crippen molar-refractivity contribution in [2.45, 2.75) is 19.8 Å². The second kappa shape index (κ2) is 6.39. The zero-order valence-corrected chi connectivity index (χ0v) is 12.8. The number of methoxy groups -OCH3 is 2. The maximum Gasteiger partial charge on any atom is 0.164 e. The number of anilines is 1. The molecule has 0 fully saturated rings. The fourth-order valence-electron chi connectivity index (χ4n) is 2.01. The number of rotatable bonds is 5. The van der Waals surface area contributed by atoms with Crippen LogP contribution < -0.4 is 19.9 Å². The molecule has 0 amide bonds. The summed E-state index contributed by atoms with van der Waals surface area (Å²) >= 11 is 0. The van der Waals surface area contributed by atoms with Crippen molar-refractivity contribution in [3.8, 4) is 23.0 Å². The van der Waals surface area contributed by atoms with Crippen molar-refractivity contribution in [1.29, 1.82) is 0 Å². The first-order valence-electron chi connectivity index (χ1n) is 6.84. The molecule has 0 atom stereocenters. The first kappa shape index (κ1) is 15.0. The van der Waals surface area contributed by atoms with E-state index in [-0.39, 0.29) is 0 Å². The summed E-state index contributed by atoms with van der Waals surface area (Å²) in [6, 6.07) is 11.4. The summed E-state index contributed by atoms with van der Waals surface area (Å²) in [6.07, 6.45) is 0. The highest BCUT2D eigenvalue weighted by molar-refractivity contribution is 5.62. The van der Waals surface area contributed by atoms with Crippen molar-refractivity contribution < 1.29 is 14.2 Å². The molecule has 112 valence electrons. The Labute approximate surface area is 125 Å². The van der Waals surface area contributed by atoms with Crippen molar-refractivity contribution >= 4 is 5.69 Å². The second-order valence-corrected chi connectivity index (χ2v) is 5.07. The minimum Gasteiger partial charge on any atom is -0.493 e. The van der Waals surface area contributed by atoms with Crippen LogP contribution in [0.1, 0.15) is 25.3 Å². The zero-order chi connectivity index (χ0) is 15.4. The van der Waals surface area contributed by atoms with Crippen molar-refractivity contribution in [3.63, 3.8) is 0 Å². The van der Waals surface area contributed by atoms with Gasteiger partial charge in [-0.15, -0.1) is 0 Å². The van der Waals surface area contributed by atoms with Crippen LogP contribution in [0.5, 0.6) is 23.0 Å². The Morgan fingerprint density at radius 1 is 0.857 bits per heavy atom. The lowest BCUT2D eigenvalue weighted by molar-refractivity contribution is 0.352. The molecular formula is C17H21NO3. The third kappa shape index (κ3) is 3.40. The fourth-order valence-corrected chi connectivity index (χ4v) is 2.01. The Kier molecular flexibility index (Phi) is 4.58. The SMILES string of the molecule is COc1cc(N)c(Oc2ccc(C(C)C)cc2)cc1OC. The molecule has 0 aliphatic carbocycles. The third-order valence-electron chi connectivity index (χ3n) is 3.29. The average Bonchev–Trinajstić information content (AvgIpc) is 2.49. The van der Waals surface area contributed by atoms with Gasteiger partial charge in [0.15, 0.2) is 17.2 Å². The Morgan fingerprint density at radius 3 is 1.95 bits per heavy atom. The van der Waals surface area contributed by atoms with Crippen molar-refractivity contribution in [3.05, 3.63) is 42.0 Å². The van der Waals surface area contributed by atoms with Gasteiger partial charge in [0, 0.05) is 12.1 Å². The lowest BCUT2D eigenvalue weighted by Gasteiger charge is -2.14. The number of benzene rings is 2. The molecule has 0 unspecified atom stereocenters. The van der Waals surface area contributed by atoms with Gasteiger partial charge in [0.25, 0.3) is 0 Å². The van der Waals surface area contributed by atoms with Gasteiger partial charge in [0.05, 0.1) is 19.9 Å². The zero-order valence-electron chi connectivity index (χ0n) is 12.8. The van der Waals surface area contributed by atoms with Gasteiger partial charge in [-0.1, -0.05) is 26.0 Å². The fraction of sp³-hybridized carbons (Fsp3) is 0.294. The van der Waals surface area contributed by atoms with Crippen molar-refractivity contribution in [2.24, 2.45) is 0 Å². The molecular weight excluding hydrogens is 266 g/mol. The predicted molar refractivity (Wildman–Crippen MR) is 84.6 cm³/mol. The lowest BCUT2D eigenvalue weighted by atomic mass is 10.0. The first-order chi connectivity index (χ1) is 10.0. The van der Waals surface area contributed by atoms with E-state index >= 15 is 0 Å². The van der Waals surface area contributed by atoms with E-state index in [4.69, 9.17) is 19.9 Å². The van der Waals surface area contributed by atoms with Gasteiger partial charge in [-0.25, -0.2) is 0 Å². The standard InChI is InChI=1S/C17H21NO3/c1-11(2)12-5-7-13(8-6-12)21-15-10-17(20-4)16(19-3)9-14(15)18/h5-11H,18H2,1-4H3. The molecule has 0 bridgehead atoms. The maximum atomic E-state index is 5.99. The van der Waals surface area contributed by atoms with E-state index in [2.05, 4.69) is 26.0 Å². The minimum absolute atomic E-state index is 0.491. The van der Waals surface area contributed by atoms with Crippen LogP contribution in [0.2, 0.25) is 0 Å². The molecule has 2 rings (SSSR count). The summed E-state index contributed by atoms with van der Waals surface area (Å²) in [5.74, 6) is 2.94. The van der Waals surface area contributed by atoms with Crippen molar-refractivity contribution in [2.75, 3.05) is 20.0 Å². The summed E-state index contributed by atoms with van der Waals surface area (Å²) in [7, 11) is 3.15. The molecule has 0 aromatic heterocycles. The van der Waals surface area contributed by atoms with Crippen LogP contribution in [-0.4, -0.2) is 14.2 Å². The Bertz CT molecular complexity index is 606. The molecule has 0 saturated heterocycles. The van der Waals surface area contributed by atoms with E-state index in [9.17, 15) is 0 Å². The van der Waals surface area contributed by atoms with Gasteiger partial charge in [0.2, 0.25) is 0 Å². The highest BCUT2D eigenvalue weighted by Crippen LogP contribution is 2.38. The Morgan fingerprint density at radius 2 is 1.43 bits per heavy atom. The average molecular weight is 287 g/mol. The molecule has 4 heteroatoms. The molecule has 0 aliphatic heterocycles. The topological polar surface area (TPSA) is 53.7 Å². The van der Waals surface area contributed by atoms with Crippen LogP contribution in [0.15, 0.2) is 36.4 Å². The largest absolute Gasteiger partial charge is 0.493 e. The van der Waals surface area contributed by atoms with Gasteiger partial charge in [-0.3, -0.25) is 0 Å². The summed E-state index contributed by atoms with van der Waals surface area (Å²) in [5.41, 5.74) is 7.75. The van der Waals surface area contributed by atoms with E-state index in [1.165, 1.54) is 5.56 Å². The van der Waals surface area contributed by atoms with Gasteiger partial charge < -0.3 is 19.9 Å². The molecule has 0 radical (unpaired) electrons. The van der Waals surface area contributed by atoms with E-state index < -0.39 is 0 Å². The summed E-state index contributed by atoms with van der Waals surface area (Å²) in [6.45, 7) is 4.31. The van der Waals surface area contributed by atoms with Gasteiger partial charge in [-0.2, -0.15) is 0 Å². The molecule has 21 heavy (non-hydrogen) atoms. The van der Waals surface area contributed by atoms with E-state index in [1.54, 1.807) is 26.4 Å². The van der Waals surface area contributed by atoms with Crippen molar-refractivity contribution in [1.82, 2.24) is 0 Å². The summed E-state index contributed by atoms with van der Waals surface area (Å²) < 4.78 is 16.3. The molecule has 2 N–H and O–H groups in total. The molecule has 4 nitrogen and oxygen atoms in total. The monoisotopic (exact) mass is 287 g/mol. The van der Waals surface area contributed by atoms with Gasteiger partial charge in [0.1, 0.15) is 5.75 Å². The highest BCUT2D eigenvalue weighted by atomic mass is 16.5. The quantitative estimate of drug-likeness (QED) is 0.837. The van der Waals surface area contributed by atoms with Crippen LogP contribution in [0.3, 0.4) is 0 Å². The molecule has 0 aliphatic rings. The van der Waals surface area contributed by atoms with Crippen LogP contribution in [-0.2, 0) is 0 Å². The van der Waals surface area contributed by atoms with Gasteiger partial charge >= 0.3 is 0 Å². The van der Waals surface area contributed by atoms with Crippen LogP contribution in [0.4, 0.5) is 5.69 Å². The molecule has 2 aromatic carbocycles. The maximum absolute atomic E-state index is 5.99. The number of hydrogen-bond acceptors (Lipinski definition) is 4. The van der Waals surface area contributed by atoms with Crippen LogP contribution >= 0.6 is 0 Å². The number of nitrogens with two attached hydrogens (primary N) is 1. The molecule has 0 spiro atoms. The predicted octanol–water partition coefficient (Wildman–Crippen LogP) is 4.20. The molecule has 0 heterocycles. The smallest absolute Gasteiger partial charge is 0.164 e. The summed E-state index contributed by atoms with van der Waals surface area (Å²) in [4.78, 5) is 0. The molecule has 0 saturated carbocycles. The van der Waals surface area contributed by atoms with Gasteiger partial charge in [-0.05, 0) is 23.6 Å². The Hall–Kier alpha value is -2.36. The normalized spacial score (nSPS) is 10.5. The summed E-state index contributed by atoms with van der Waals surface area (Å²) in [5, 5.41) is 0. The highest BCUT2D eigenvalue weighted by Gasteiger charge is 2.11. The first-order valence-corrected chi connectivity index (χ1v) is 6.84. The Balaban J connectivity index is 2.26. The second-order valence-electron chi connectivity index (χ2n) is 5.07. The molecule has 2 aromatic rings. The van der Waals surface area contributed by atoms with Crippen LogP contribution in [0, 0.1) is 0 Å². The third-order valence-corrected chi connectivity index (χ3v) is 3.29. The number of ether oxygens (including phenoxy) is 3. The van der Waals surface area contributed by atoms with Crippen LogP contribution in [0.25, 0.3) is 0 Å².